The van der Waals surface area contributed by atoms with Gasteiger partial charge in [-0.2, -0.15) is 0 Å². The van der Waals surface area contributed by atoms with Crippen LogP contribution in [0.3, 0.4) is 0 Å². The van der Waals surface area contributed by atoms with E-state index in [1.54, 1.807) is 18.4 Å². The number of rotatable bonds is 6. The maximum Gasteiger partial charge on any atom is 0.277 e. The van der Waals surface area contributed by atoms with Crippen molar-refractivity contribution in [1.29, 1.82) is 0 Å². The Morgan fingerprint density at radius 1 is 1.29 bits per heavy atom. The summed E-state index contributed by atoms with van der Waals surface area (Å²) in [4.78, 5) is 24.4. The van der Waals surface area contributed by atoms with Gasteiger partial charge in [0.2, 0.25) is 5.91 Å². The minimum atomic E-state index is -0.579. The second kappa shape index (κ2) is 7.16. The van der Waals surface area contributed by atoms with E-state index in [1.807, 2.05) is 17.5 Å². The molecular formula is C14H12N4O3S3. The molecule has 0 radical (unpaired) electrons. The second-order valence-corrected chi connectivity index (χ2v) is 7.78. The normalized spacial score (nSPS) is 12.0. The summed E-state index contributed by atoms with van der Waals surface area (Å²) in [7, 11) is 0. The summed E-state index contributed by atoms with van der Waals surface area (Å²) in [5, 5.41) is 14.5. The Balaban J connectivity index is 1.64. The van der Waals surface area contributed by atoms with Crippen molar-refractivity contribution in [3.63, 3.8) is 0 Å². The topological polar surface area (TPSA) is 111 Å². The Morgan fingerprint density at radius 3 is 2.83 bits per heavy atom. The average molecular weight is 380 g/mol. The number of aromatic nitrogens is 2. The van der Waals surface area contributed by atoms with Crippen molar-refractivity contribution in [2.75, 3.05) is 5.32 Å². The van der Waals surface area contributed by atoms with Gasteiger partial charge >= 0.3 is 0 Å². The predicted octanol–water partition coefficient (Wildman–Crippen LogP) is 3.08. The van der Waals surface area contributed by atoms with Gasteiger partial charge < -0.3 is 15.5 Å². The molecule has 0 aromatic carbocycles. The first-order chi connectivity index (χ1) is 11.5. The third kappa shape index (κ3) is 3.66. The highest BCUT2D eigenvalue weighted by Crippen LogP contribution is 2.29. The van der Waals surface area contributed by atoms with E-state index in [1.165, 1.54) is 22.7 Å². The van der Waals surface area contributed by atoms with Crippen molar-refractivity contribution in [2.24, 2.45) is 5.73 Å². The summed E-state index contributed by atoms with van der Waals surface area (Å²) >= 11 is 3.88. The summed E-state index contributed by atoms with van der Waals surface area (Å²) in [6.45, 7) is 1.71. The number of hydrogen-bond acceptors (Lipinski definition) is 8. The van der Waals surface area contributed by atoms with Gasteiger partial charge in [0, 0.05) is 0 Å². The lowest BCUT2D eigenvalue weighted by Crippen LogP contribution is -2.23. The fraction of sp³-hybridized carbons (Fsp3) is 0.143. The fourth-order valence-corrected chi connectivity index (χ4v) is 3.90. The van der Waals surface area contributed by atoms with E-state index in [-0.39, 0.29) is 5.91 Å². The predicted molar refractivity (Wildman–Crippen MR) is 94.4 cm³/mol. The number of nitrogens with one attached hydrogen (secondary N) is 1. The molecule has 0 bridgehead atoms. The molecule has 0 saturated carbocycles. The van der Waals surface area contributed by atoms with E-state index in [9.17, 15) is 9.59 Å². The summed E-state index contributed by atoms with van der Waals surface area (Å²) in [6.07, 6.45) is 0. The van der Waals surface area contributed by atoms with Gasteiger partial charge in [0.15, 0.2) is 0 Å². The van der Waals surface area contributed by atoms with Crippen molar-refractivity contribution in [3.8, 4) is 10.8 Å². The summed E-state index contributed by atoms with van der Waals surface area (Å²) in [6, 6.07) is 5.35. The number of nitrogens with zero attached hydrogens (tertiary/aromatic N) is 2. The molecule has 1 atom stereocenters. The van der Waals surface area contributed by atoms with Gasteiger partial charge in [0.05, 0.1) is 15.7 Å². The Kier molecular flexibility index (Phi) is 4.97. The number of anilines is 1. The summed E-state index contributed by atoms with van der Waals surface area (Å²) in [5.74, 6) is -0.431. The van der Waals surface area contributed by atoms with E-state index in [4.69, 9.17) is 10.2 Å². The van der Waals surface area contributed by atoms with Gasteiger partial charge in [-0.25, -0.2) is 0 Å². The van der Waals surface area contributed by atoms with E-state index in [0.717, 1.165) is 16.6 Å². The molecule has 10 heteroatoms. The highest BCUT2D eigenvalue weighted by molar-refractivity contribution is 8.00. The van der Waals surface area contributed by atoms with Gasteiger partial charge in [-0.1, -0.05) is 17.8 Å². The molecule has 0 aliphatic heterocycles. The van der Waals surface area contributed by atoms with Gasteiger partial charge in [-0.15, -0.1) is 32.9 Å². The van der Waals surface area contributed by atoms with Crippen LogP contribution in [0.25, 0.3) is 10.8 Å². The lowest BCUT2D eigenvalue weighted by atomic mass is 10.3. The highest BCUT2D eigenvalue weighted by Gasteiger charge is 2.21. The Bertz CT molecular complexity index is 856. The van der Waals surface area contributed by atoms with Crippen LogP contribution in [-0.4, -0.2) is 27.3 Å². The van der Waals surface area contributed by atoms with Crippen molar-refractivity contribution >= 4 is 51.3 Å². The molecule has 3 aromatic heterocycles. The van der Waals surface area contributed by atoms with Gasteiger partial charge in [-0.3, -0.25) is 9.59 Å². The van der Waals surface area contributed by atoms with Crippen LogP contribution >= 0.6 is 34.4 Å². The molecule has 24 heavy (non-hydrogen) atoms. The number of thioether (sulfide) groups is 1. The van der Waals surface area contributed by atoms with Crippen molar-refractivity contribution in [2.45, 2.75) is 17.4 Å². The Labute approximate surface area is 149 Å². The molecule has 3 N–H and O–H groups in total. The van der Waals surface area contributed by atoms with Gasteiger partial charge in [0.25, 0.3) is 17.0 Å². The Hall–Kier alpha value is -2.17. The van der Waals surface area contributed by atoms with Crippen LogP contribution in [0.1, 0.15) is 17.3 Å². The van der Waals surface area contributed by atoms with Crippen molar-refractivity contribution in [1.82, 2.24) is 10.2 Å². The first-order valence-corrected chi connectivity index (χ1v) is 9.40. The molecule has 2 amide bonds. The van der Waals surface area contributed by atoms with Crippen LogP contribution in [-0.2, 0) is 4.79 Å². The van der Waals surface area contributed by atoms with Crippen LogP contribution in [0.5, 0.6) is 0 Å². The average Bonchev–Trinajstić information content (AvgIpc) is 3.28. The third-order valence-electron chi connectivity index (χ3n) is 2.95. The van der Waals surface area contributed by atoms with E-state index in [0.29, 0.717) is 21.7 Å². The Morgan fingerprint density at radius 2 is 2.12 bits per heavy atom. The van der Waals surface area contributed by atoms with Crippen LogP contribution in [0, 0.1) is 0 Å². The number of amides is 2. The molecule has 3 heterocycles. The number of carbonyl (C=O) groups excluding carboxylic acids is 2. The zero-order valence-corrected chi connectivity index (χ0v) is 14.8. The lowest BCUT2D eigenvalue weighted by Gasteiger charge is -2.09. The first kappa shape index (κ1) is 16.7. The van der Waals surface area contributed by atoms with Crippen LogP contribution in [0.4, 0.5) is 5.00 Å². The molecule has 7 nitrogen and oxygen atoms in total. The minimum absolute atomic E-state index is 0.277. The van der Waals surface area contributed by atoms with Crippen LogP contribution in [0.2, 0.25) is 0 Å². The highest BCUT2D eigenvalue weighted by atomic mass is 32.2. The molecule has 0 fully saturated rings. The number of carbonyl (C=O) groups is 2. The minimum Gasteiger partial charge on any atom is -0.410 e. The molecule has 0 unspecified atom stereocenters. The van der Waals surface area contributed by atoms with Crippen molar-refractivity contribution < 1.29 is 14.0 Å². The molecule has 3 aromatic rings. The smallest absolute Gasteiger partial charge is 0.277 e. The fourth-order valence-electron chi connectivity index (χ4n) is 1.78. The van der Waals surface area contributed by atoms with E-state index in [2.05, 4.69) is 15.5 Å². The number of thiophene rings is 2. The first-order valence-electron chi connectivity index (χ1n) is 6.77. The zero-order valence-electron chi connectivity index (χ0n) is 12.4. The van der Waals surface area contributed by atoms with Crippen LogP contribution in [0.15, 0.2) is 38.6 Å². The molecular weight excluding hydrogens is 368 g/mol. The maximum absolute atomic E-state index is 12.3. The second-order valence-electron chi connectivity index (χ2n) is 4.63. The SMILES string of the molecule is C[C@@H](Sc1nnc(-c2cccs2)o1)C(=O)Nc1sccc1C(N)=O. The standard InChI is InChI=1S/C14H12N4O3S3/c1-7(11(20)16-13-8(10(15)19)4-6-23-13)24-14-18-17-12(21-14)9-3-2-5-22-9/h2-7H,1H3,(H2,15,19)(H,16,20)/t7-/m1/s1. The molecule has 0 saturated heterocycles. The van der Waals surface area contributed by atoms with Crippen LogP contribution < -0.4 is 11.1 Å². The zero-order chi connectivity index (χ0) is 17.1. The lowest BCUT2D eigenvalue weighted by molar-refractivity contribution is -0.115. The molecule has 0 aliphatic carbocycles. The van der Waals surface area contributed by atoms with Gasteiger partial charge in [-0.05, 0) is 29.8 Å². The van der Waals surface area contributed by atoms with E-state index < -0.39 is 11.2 Å². The number of nitrogens with two attached hydrogens (primary N) is 1. The third-order valence-corrected chi connectivity index (χ3v) is 5.57. The quantitative estimate of drug-likeness (QED) is 0.636. The largest absolute Gasteiger partial charge is 0.410 e. The van der Waals surface area contributed by atoms with Gasteiger partial charge in [0.1, 0.15) is 5.00 Å². The van der Waals surface area contributed by atoms with E-state index >= 15 is 0 Å². The molecule has 3 rings (SSSR count). The molecule has 0 aliphatic rings. The number of hydrogen-bond donors (Lipinski definition) is 2. The summed E-state index contributed by atoms with van der Waals surface area (Å²) in [5.41, 5.74) is 5.56. The molecule has 124 valence electrons. The van der Waals surface area contributed by atoms with Crippen molar-refractivity contribution in [3.05, 3.63) is 34.5 Å². The monoisotopic (exact) mass is 380 g/mol. The number of primary amides is 1. The maximum atomic E-state index is 12.3. The molecule has 0 spiro atoms. The summed E-state index contributed by atoms with van der Waals surface area (Å²) < 4.78 is 5.55.